The van der Waals surface area contributed by atoms with Crippen LogP contribution in [0.1, 0.15) is 5.56 Å². The van der Waals surface area contributed by atoms with E-state index in [9.17, 15) is 21.6 Å². The smallest absolute Gasteiger partial charge is 0.285 e. The lowest BCUT2D eigenvalue weighted by Crippen LogP contribution is -2.35. The summed E-state index contributed by atoms with van der Waals surface area (Å²) in [5.74, 6) is 0. The topological polar surface area (TPSA) is 74.8 Å². The predicted molar refractivity (Wildman–Crippen MR) is 40.4 cm³/mol. The third-order valence-corrected chi connectivity index (χ3v) is 2.46. The molecule has 0 fully saturated rings. The standard InChI is InChI=1S/C5H6F3N3O2S/c6-5(7,8)14(12,13)11-3-4-1-9-10-2-4/h1-2,11H,3H2,(H,9,10). The first-order valence-corrected chi connectivity index (χ1v) is 4.85. The van der Waals surface area contributed by atoms with Gasteiger partial charge in [0.15, 0.2) is 0 Å². The molecule has 0 spiro atoms. The fourth-order valence-electron chi connectivity index (χ4n) is 0.634. The molecule has 1 rings (SSSR count). The van der Waals surface area contributed by atoms with Gasteiger partial charge in [-0.3, -0.25) is 5.10 Å². The monoisotopic (exact) mass is 229 g/mol. The number of halogens is 3. The van der Waals surface area contributed by atoms with Crippen molar-refractivity contribution in [2.45, 2.75) is 12.1 Å². The number of H-pyrrole nitrogens is 1. The predicted octanol–water partition coefficient (Wildman–Crippen LogP) is 0.349. The highest BCUT2D eigenvalue weighted by Gasteiger charge is 2.45. The van der Waals surface area contributed by atoms with Crippen LogP contribution in [-0.2, 0) is 16.6 Å². The summed E-state index contributed by atoms with van der Waals surface area (Å²) in [6, 6.07) is 0. The summed E-state index contributed by atoms with van der Waals surface area (Å²) in [5, 5.41) is 5.78. The second kappa shape index (κ2) is 3.58. The average molecular weight is 229 g/mol. The molecule has 1 aromatic heterocycles. The van der Waals surface area contributed by atoms with Crippen LogP contribution in [0.2, 0.25) is 0 Å². The third kappa shape index (κ3) is 2.45. The van der Waals surface area contributed by atoms with E-state index in [4.69, 9.17) is 0 Å². The molecule has 14 heavy (non-hydrogen) atoms. The van der Waals surface area contributed by atoms with Crippen molar-refractivity contribution in [2.75, 3.05) is 0 Å². The van der Waals surface area contributed by atoms with Crippen LogP contribution >= 0.6 is 0 Å². The maximum absolute atomic E-state index is 11.8. The Balaban J connectivity index is 2.63. The molecule has 1 heterocycles. The van der Waals surface area contributed by atoms with E-state index < -0.39 is 22.1 Å². The molecular weight excluding hydrogens is 223 g/mol. The lowest BCUT2D eigenvalue weighted by molar-refractivity contribution is -0.0448. The highest BCUT2D eigenvalue weighted by molar-refractivity contribution is 7.90. The van der Waals surface area contributed by atoms with Crippen LogP contribution in [0, 0.1) is 0 Å². The number of hydrogen-bond acceptors (Lipinski definition) is 3. The molecule has 0 unspecified atom stereocenters. The molecule has 9 heteroatoms. The number of nitrogens with zero attached hydrogens (tertiary/aromatic N) is 1. The Kier molecular flexibility index (Phi) is 2.81. The van der Waals surface area contributed by atoms with Gasteiger partial charge in [0.25, 0.3) is 0 Å². The summed E-state index contributed by atoms with van der Waals surface area (Å²) in [6.07, 6.45) is 2.51. The van der Waals surface area contributed by atoms with Crippen molar-refractivity contribution in [1.82, 2.24) is 14.9 Å². The van der Waals surface area contributed by atoms with Gasteiger partial charge in [-0.2, -0.15) is 18.3 Å². The van der Waals surface area contributed by atoms with Gasteiger partial charge in [0.1, 0.15) is 0 Å². The van der Waals surface area contributed by atoms with E-state index in [1.54, 1.807) is 0 Å². The lowest BCUT2D eigenvalue weighted by Gasteiger charge is -2.07. The first-order valence-electron chi connectivity index (χ1n) is 3.36. The van der Waals surface area contributed by atoms with Crippen LogP contribution in [0.3, 0.4) is 0 Å². The molecule has 1 aromatic rings. The van der Waals surface area contributed by atoms with E-state index in [-0.39, 0.29) is 0 Å². The lowest BCUT2D eigenvalue weighted by atomic mass is 10.4. The first-order chi connectivity index (χ1) is 6.33. The summed E-state index contributed by atoms with van der Waals surface area (Å²) < 4.78 is 57.7. The summed E-state index contributed by atoms with van der Waals surface area (Å²) in [5.41, 5.74) is -4.96. The SMILES string of the molecule is O=S(=O)(NCc1cn[nH]c1)C(F)(F)F. The van der Waals surface area contributed by atoms with Gasteiger partial charge in [0, 0.05) is 18.3 Å². The Hall–Kier alpha value is -1.09. The maximum Gasteiger partial charge on any atom is 0.511 e. The van der Waals surface area contributed by atoms with Crippen molar-refractivity contribution >= 4 is 10.0 Å². The van der Waals surface area contributed by atoms with E-state index in [1.165, 1.54) is 17.1 Å². The Morgan fingerprint density at radius 2 is 2.14 bits per heavy atom. The molecule has 0 aliphatic heterocycles. The third-order valence-electron chi connectivity index (χ3n) is 1.33. The van der Waals surface area contributed by atoms with Crippen LogP contribution in [0.5, 0.6) is 0 Å². The second-order valence-electron chi connectivity index (χ2n) is 2.38. The molecule has 0 aliphatic carbocycles. The molecule has 0 bridgehead atoms. The van der Waals surface area contributed by atoms with Crippen LogP contribution in [-0.4, -0.2) is 24.1 Å². The van der Waals surface area contributed by atoms with E-state index in [0.29, 0.717) is 5.56 Å². The van der Waals surface area contributed by atoms with E-state index in [1.807, 2.05) is 0 Å². The van der Waals surface area contributed by atoms with Crippen LogP contribution in [0.25, 0.3) is 0 Å². The number of hydrogen-bond donors (Lipinski definition) is 2. The first kappa shape index (κ1) is 11.0. The van der Waals surface area contributed by atoms with Gasteiger partial charge < -0.3 is 0 Å². The molecule has 5 nitrogen and oxygen atoms in total. The van der Waals surface area contributed by atoms with Crippen LogP contribution < -0.4 is 4.72 Å². The minimum atomic E-state index is -5.28. The Morgan fingerprint density at radius 3 is 2.57 bits per heavy atom. The number of aromatic amines is 1. The van der Waals surface area contributed by atoms with Gasteiger partial charge in [0.05, 0.1) is 6.20 Å². The highest BCUT2D eigenvalue weighted by atomic mass is 32.2. The number of alkyl halides is 3. The molecule has 80 valence electrons. The molecule has 0 aromatic carbocycles. The van der Waals surface area contributed by atoms with Gasteiger partial charge in [0.2, 0.25) is 0 Å². The zero-order valence-corrected chi connectivity index (χ0v) is 7.48. The molecule has 0 saturated carbocycles. The Bertz CT molecular complexity index is 383. The Morgan fingerprint density at radius 1 is 1.50 bits per heavy atom. The summed E-state index contributed by atoms with van der Waals surface area (Å²) in [6.45, 7) is -0.446. The van der Waals surface area contributed by atoms with Gasteiger partial charge in [-0.1, -0.05) is 0 Å². The van der Waals surface area contributed by atoms with Crippen molar-refractivity contribution < 1.29 is 21.6 Å². The minimum Gasteiger partial charge on any atom is -0.285 e. The van der Waals surface area contributed by atoms with E-state index >= 15 is 0 Å². The average Bonchev–Trinajstić information content (AvgIpc) is 2.50. The summed E-state index contributed by atoms with van der Waals surface area (Å²) in [4.78, 5) is 0. The maximum atomic E-state index is 11.8. The zero-order valence-electron chi connectivity index (χ0n) is 6.67. The van der Waals surface area contributed by atoms with Crippen molar-refractivity contribution in [1.29, 1.82) is 0 Å². The van der Waals surface area contributed by atoms with Crippen molar-refractivity contribution in [3.63, 3.8) is 0 Å². The molecule has 0 atom stereocenters. The van der Waals surface area contributed by atoms with Gasteiger partial charge >= 0.3 is 15.5 Å². The molecular formula is C5H6F3N3O2S. The minimum absolute atomic E-state index is 0.317. The van der Waals surface area contributed by atoms with E-state index in [0.717, 1.165) is 0 Å². The largest absolute Gasteiger partial charge is 0.511 e. The molecule has 0 aliphatic rings. The van der Waals surface area contributed by atoms with Crippen molar-refractivity contribution in [3.8, 4) is 0 Å². The molecule has 0 saturated heterocycles. The fraction of sp³-hybridized carbons (Fsp3) is 0.400. The number of nitrogens with one attached hydrogen (secondary N) is 2. The summed E-state index contributed by atoms with van der Waals surface area (Å²) in [7, 11) is -5.27. The van der Waals surface area contributed by atoms with Crippen molar-refractivity contribution in [2.24, 2.45) is 0 Å². The quantitative estimate of drug-likeness (QED) is 0.785. The van der Waals surface area contributed by atoms with Crippen LogP contribution in [0.15, 0.2) is 12.4 Å². The normalized spacial score (nSPS) is 13.1. The number of aromatic nitrogens is 2. The van der Waals surface area contributed by atoms with Gasteiger partial charge in [-0.05, 0) is 0 Å². The van der Waals surface area contributed by atoms with Crippen LogP contribution in [0.4, 0.5) is 13.2 Å². The zero-order chi connectivity index (χ0) is 10.8. The van der Waals surface area contributed by atoms with Gasteiger partial charge in [-0.15, -0.1) is 0 Å². The number of sulfonamides is 1. The van der Waals surface area contributed by atoms with E-state index in [2.05, 4.69) is 10.2 Å². The Labute approximate surface area is 77.4 Å². The van der Waals surface area contributed by atoms with Crippen molar-refractivity contribution in [3.05, 3.63) is 18.0 Å². The summed E-state index contributed by atoms with van der Waals surface area (Å²) >= 11 is 0. The second-order valence-corrected chi connectivity index (χ2v) is 4.14. The number of rotatable bonds is 3. The molecule has 0 radical (unpaired) electrons. The fourth-order valence-corrected chi connectivity index (χ4v) is 1.15. The van der Waals surface area contributed by atoms with Gasteiger partial charge in [-0.25, -0.2) is 13.1 Å². The molecule has 2 N–H and O–H groups in total. The highest BCUT2D eigenvalue weighted by Crippen LogP contribution is 2.21. The molecule has 0 amide bonds.